The van der Waals surface area contributed by atoms with Crippen LogP contribution in [0, 0.1) is 11.3 Å². The summed E-state index contributed by atoms with van der Waals surface area (Å²) in [5.74, 6) is -1.93. The van der Waals surface area contributed by atoms with Crippen LogP contribution in [0.3, 0.4) is 0 Å². The Balaban J connectivity index is 2.70. The molecule has 0 aliphatic heterocycles. The van der Waals surface area contributed by atoms with Crippen molar-refractivity contribution in [1.29, 1.82) is 5.41 Å². The number of aliphatic carboxylic acids is 1. The van der Waals surface area contributed by atoms with Crippen molar-refractivity contribution < 1.29 is 19.5 Å². The molecule has 2 atom stereocenters. The van der Waals surface area contributed by atoms with Gasteiger partial charge in [-0.3, -0.25) is 15.0 Å². The minimum Gasteiger partial charge on any atom is -0.480 e. The highest BCUT2D eigenvalue weighted by atomic mass is 32.2. The van der Waals surface area contributed by atoms with E-state index in [9.17, 15) is 19.5 Å². The molecule has 8 nitrogen and oxygen atoms in total. The number of rotatable bonds is 11. The molecule has 27 heavy (non-hydrogen) atoms. The molecule has 0 fully saturated rings. The van der Waals surface area contributed by atoms with Gasteiger partial charge in [-0.25, -0.2) is 4.79 Å². The van der Waals surface area contributed by atoms with Crippen LogP contribution in [0.15, 0.2) is 30.3 Å². The summed E-state index contributed by atoms with van der Waals surface area (Å²) in [5.41, 5.74) is 6.12. The molecule has 0 saturated carbocycles. The van der Waals surface area contributed by atoms with Gasteiger partial charge < -0.3 is 21.5 Å². The first kappa shape index (κ1) is 22.5. The molecule has 1 aromatic rings. The zero-order chi connectivity index (χ0) is 20.2. The van der Waals surface area contributed by atoms with E-state index >= 15 is 0 Å². The minimum atomic E-state index is -1.12. The predicted octanol–water partition coefficient (Wildman–Crippen LogP) is 0.958. The first-order valence-corrected chi connectivity index (χ1v) is 9.56. The lowest BCUT2D eigenvalue weighted by molar-refractivity contribution is -0.142. The molecule has 1 amide bonds. The smallest absolute Gasteiger partial charge is 0.326 e. The lowest BCUT2D eigenvalue weighted by Gasteiger charge is -2.20. The maximum Gasteiger partial charge on any atom is 0.326 e. The van der Waals surface area contributed by atoms with Crippen LogP contribution in [0.25, 0.3) is 0 Å². The Morgan fingerprint density at radius 1 is 1.26 bits per heavy atom. The molecular formula is C18H26N4O4S. The second-order valence-corrected chi connectivity index (χ2v) is 7.27. The molecule has 0 aliphatic rings. The average molecular weight is 394 g/mol. The Kier molecular flexibility index (Phi) is 9.95. The number of carboxylic acid groups (broad SMARTS) is 1. The molecule has 1 rings (SSSR count). The van der Waals surface area contributed by atoms with Crippen molar-refractivity contribution in [2.24, 2.45) is 11.7 Å². The molecule has 9 heteroatoms. The number of nitrogens with two attached hydrogens (primary N) is 1. The van der Waals surface area contributed by atoms with Crippen LogP contribution in [0.2, 0.25) is 0 Å². The number of hydrogen-bond donors (Lipinski definition) is 5. The molecular weight excluding hydrogens is 368 g/mol. The zero-order valence-electron chi connectivity index (χ0n) is 15.2. The molecule has 0 saturated heterocycles. The molecule has 6 N–H and O–H groups in total. The number of carbonyl (C=O) groups excluding carboxylic acids is 2. The van der Waals surface area contributed by atoms with Crippen molar-refractivity contribution in [3.63, 3.8) is 0 Å². The Bertz CT molecular complexity index is 654. The number of amides is 1. The summed E-state index contributed by atoms with van der Waals surface area (Å²) in [6.45, 7) is 1.78. The largest absolute Gasteiger partial charge is 0.480 e. The molecule has 1 aromatic carbocycles. The van der Waals surface area contributed by atoms with E-state index in [1.54, 1.807) is 0 Å². The molecule has 0 bridgehead atoms. The SMILES string of the molecule is CC(=O)SCC(Cc1ccccc1)C(=O)N[C@@H](CCCNC(=N)N)C(=O)O. The fraction of sp³-hybridized carbons (Fsp3) is 0.444. The van der Waals surface area contributed by atoms with Crippen LogP contribution >= 0.6 is 11.8 Å². The van der Waals surface area contributed by atoms with Gasteiger partial charge in [0.25, 0.3) is 0 Å². The normalized spacial score (nSPS) is 12.6. The number of carbonyl (C=O) groups is 3. The summed E-state index contributed by atoms with van der Waals surface area (Å²) in [5, 5.41) is 21.5. The van der Waals surface area contributed by atoms with Crippen molar-refractivity contribution in [1.82, 2.24) is 10.6 Å². The van der Waals surface area contributed by atoms with Crippen LogP contribution in [0.4, 0.5) is 0 Å². The minimum absolute atomic E-state index is 0.0917. The van der Waals surface area contributed by atoms with Crippen molar-refractivity contribution in [2.45, 2.75) is 32.2 Å². The maximum absolute atomic E-state index is 12.6. The fourth-order valence-electron chi connectivity index (χ4n) is 2.42. The molecule has 0 spiro atoms. The third-order valence-electron chi connectivity index (χ3n) is 3.78. The Hall–Kier alpha value is -2.55. The van der Waals surface area contributed by atoms with Crippen LogP contribution in [-0.4, -0.2) is 46.4 Å². The van der Waals surface area contributed by atoms with E-state index in [-0.39, 0.29) is 29.2 Å². The van der Waals surface area contributed by atoms with E-state index < -0.39 is 17.9 Å². The first-order valence-electron chi connectivity index (χ1n) is 8.58. The van der Waals surface area contributed by atoms with Gasteiger partial charge in [0, 0.05) is 19.2 Å². The van der Waals surface area contributed by atoms with E-state index in [1.165, 1.54) is 6.92 Å². The number of nitrogens with one attached hydrogen (secondary N) is 3. The van der Waals surface area contributed by atoms with E-state index in [2.05, 4.69) is 10.6 Å². The molecule has 148 valence electrons. The number of thioether (sulfide) groups is 1. The second-order valence-electron chi connectivity index (χ2n) is 6.07. The molecule has 0 aromatic heterocycles. The number of carboxylic acids is 1. The van der Waals surface area contributed by atoms with Crippen molar-refractivity contribution in [3.8, 4) is 0 Å². The monoisotopic (exact) mass is 394 g/mol. The highest BCUT2D eigenvalue weighted by Gasteiger charge is 2.25. The fourth-order valence-corrected chi connectivity index (χ4v) is 3.13. The van der Waals surface area contributed by atoms with Gasteiger partial charge in [-0.15, -0.1) is 0 Å². The summed E-state index contributed by atoms with van der Waals surface area (Å²) >= 11 is 1.05. The van der Waals surface area contributed by atoms with Crippen molar-refractivity contribution in [2.75, 3.05) is 12.3 Å². The standard InChI is InChI=1S/C18H26N4O4S/c1-12(23)27-11-14(10-13-6-3-2-4-7-13)16(24)22-15(17(25)26)8-5-9-21-18(19)20/h2-4,6-7,14-15H,5,8-11H2,1H3,(H,22,24)(H,25,26)(H4,19,20,21)/t14?,15-/m0/s1. The Morgan fingerprint density at radius 2 is 1.93 bits per heavy atom. The maximum atomic E-state index is 12.6. The van der Waals surface area contributed by atoms with E-state index in [0.29, 0.717) is 19.4 Å². The molecule has 0 aliphatic carbocycles. The van der Waals surface area contributed by atoms with Crippen LogP contribution in [-0.2, 0) is 20.8 Å². The second kappa shape index (κ2) is 11.9. The summed E-state index contributed by atoms with van der Waals surface area (Å²) in [6.07, 6.45) is 1.06. The van der Waals surface area contributed by atoms with Gasteiger partial charge in [-0.1, -0.05) is 42.1 Å². The van der Waals surface area contributed by atoms with Crippen molar-refractivity contribution >= 4 is 34.7 Å². The average Bonchev–Trinajstić information content (AvgIpc) is 2.61. The number of benzene rings is 1. The van der Waals surface area contributed by atoms with Gasteiger partial charge >= 0.3 is 5.97 Å². The summed E-state index contributed by atoms with van der Waals surface area (Å²) in [4.78, 5) is 35.4. The Morgan fingerprint density at radius 3 is 2.48 bits per heavy atom. The molecule has 0 radical (unpaired) electrons. The highest BCUT2D eigenvalue weighted by molar-refractivity contribution is 8.13. The van der Waals surface area contributed by atoms with Gasteiger partial charge in [-0.05, 0) is 24.8 Å². The number of guanidine groups is 1. The quantitative estimate of drug-likeness (QED) is 0.213. The van der Waals surface area contributed by atoms with E-state index in [4.69, 9.17) is 11.1 Å². The van der Waals surface area contributed by atoms with Crippen LogP contribution in [0.1, 0.15) is 25.3 Å². The van der Waals surface area contributed by atoms with Gasteiger partial charge in [0.05, 0.1) is 5.92 Å². The lowest BCUT2D eigenvalue weighted by atomic mass is 9.99. The zero-order valence-corrected chi connectivity index (χ0v) is 16.1. The highest BCUT2D eigenvalue weighted by Crippen LogP contribution is 2.16. The third-order valence-corrected chi connectivity index (χ3v) is 4.76. The van der Waals surface area contributed by atoms with Gasteiger partial charge in [0.2, 0.25) is 5.91 Å². The lowest BCUT2D eigenvalue weighted by Crippen LogP contribution is -2.45. The van der Waals surface area contributed by atoms with Crippen LogP contribution in [0.5, 0.6) is 0 Å². The summed E-state index contributed by atoms with van der Waals surface area (Å²) in [7, 11) is 0. The summed E-state index contributed by atoms with van der Waals surface area (Å²) in [6, 6.07) is 8.35. The van der Waals surface area contributed by atoms with Crippen molar-refractivity contribution in [3.05, 3.63) is 35.9 Å². The van der Waals surface area contributed by atoms with E-state index in [0.717, 1.165) is 17.3 Å². The van der Waals surface area contributed by atoms with Gasteiger partial charge in [-0.2, -0.15) is 0 Å². The van der Waals surface area contributed by atoms with Gasteiger partial charge in [0.15, 0.2) is 11.1 Å². The molecule has 1 unspecified atom stereocenters. The number of hydrogen-bond acceptors (Lipinski definition) is 5. The van der Waals surface area contributed by atoms with Crippen LogP contribution < -0.4 is 16.4 Å². The molecule has 0 heterocycles. The first-order chi connectivity index (χ1) is 12.8. The Labute approximate surface area is 162 Å². The third kappa shape index (κ3) is 9.64. The topological polar surface area (TPSA) is 145 Å². The predicted molar refractivity (Wildman–Crippen MR) is 105 cm³/mol. The van der Waals surface area contributed by atoms with E-state index in [1.807, 2.05) is 30.3 Å². The summed E-state index contributed by atoms with van der Waals surface area (Å²) < 4.78 is 0. The van der Waals surface area contributed by atoms with Gasteiger partial charge in [0.1, 0.15) is 6.04 Å².